The van der Waals surface area contributed by atoms with Gasteiger partial charge >= 0.3 is 65.1 Å². The Balaban J connectivity index is -0.000000180. The molecule has 0 aromatic carbocycles. The quantitative estimate of drug-likeness (QED) is 0.332. The molecule has 0 amide bonds. The Bertz CT molecular complexity index is 82.2. The van der Waals surface area contributed by atoms with Crippen molar-refractivity contribution in [2.24, 2.45) is 5.73 Å². The van der Waals surface area contributed by atoms with Gasteiger partial charge in [-0.15, -0.1) is 0 Å². The van der Waals surface area contributed by atoms with Crippen molar-refractivity contribution in [3.63, 3.8) is 0 Å². The first-order valence-corrected chi connectivity index (χ1v) is 2.41. The Morgan fingerprint density at radius 1 is 1.67 bits per heavy atom. The van der Waals surface area contributed by atoms with Gasteiger partial charge < -0.3 is 10.8 Å². The van der Waals surface area contributed by atoms with Crippen molar-refractivity contribution in [2.75, 3.05) is 5.75 Å². The summed E-state index contributed by atoms with van der Waals surface area (Å²) >= 11 is 3.65. The van der Waals surface area contributed by atoms with E-state index in [9.17, 15) is 4.79 Å². The number of thiol groups is 1. The normalized spacial score (nSPS) is 10.4. The molecule has 0 fully saturated rings. The first-order chi connectivity index (χ1) is 3.18. The van der Waals surface area contributed by atoms with E-state index in [1.165, 1.54) is 0 Å². The summed E-state index contributed by atoms with van der Waals surface area (Å²) in [6, 6.07) is -0.816. The summed E-state index contributed by atoms with van der Waals surface area (Å²) in [5.41, 5.74) is 4.94. The summed E-state index contributed by atoms with van der Waals surface area (Å²) in [6.45, 7) is 0. The van der Waals surface area contributed by atoms with Crippen LogP contribution in [0.3, 0.4) is 0 Å². The van der Waals surface area contributed by atoms with E-state index in [1.807, 2.05) is 0 Å². The van der Waals surface area contributed by atoms with Crippen LogP contribution in [0, 0.1) is 0 Å². The van der Waals surface area contributed by atoms with Crippen molar-refractivity contribution in [3.8, 4) is 0 Å². The molecule has 1 atom stereocenters. The first kappa shape index (κ1) is 17.0. The molecule has 0 aliphatic rings. The molecule has 46 valence electrons. The number of nitrogens with two attached hydrogens (primary N) is 1. The van der Waals surface area contributed by atoms with Gasteiger partial charge in [-0.1, -0.05) is 0 Å². The van der Waals surface area contributed by atoms with E-state index >= 15 is 0 Å². The molecular formula is C3H9NNa2O2S. The molecule has 0 bridgehead atoms. The molecular weight excluding hydrogens is 160 g/mol. The Kier molecular flexibility index (Phi) is 18.5. The van der Waals surface area contributed by atoms with Crippen LogP contribution in [0.25, 0.3) is 0 Å². The van der Waals surface area contributed by atoms with Gasteiger partial charge in [0.05, 0.1) is 0 Å². The summed E-state index contributed by atoms with van der Waals surface area (Å²) in [5, 5.41) is 8.01. The Morgan fingerprint density at radius 2 is 2.00 bits per heavy atom. The van der Waals surface area contributed by atoms with Gasteiger partial charge in [0.15, 0.2) is 0 Å². The minimum absolute atomic E-state index is 0. The predicted octanol–water partition coefficient (Wildman–Crippen LogP) is -1.97. The first-order valence-electron chi connectivity index (χ1n) is 1.77. The topological polar surface area (TPSA) is 63.3 Å². The number of carboxylic acids is 1. The number of hydrogen-bond donors (Lipinski definition) is 3. The zero-order chi connectivity index (χ0) is 5.86. The third-order valence-electron chi connectivity index (χ3n) is 0.514. The molecule has 0 aromatic heterocycles. The van der Waals surface area contributed by atoms with Gasteiger partial charge in [0.2, 0.25) is 0 Å². The fourth-order valence-electron chi connectivity index (χ4n) is 0.0781. The average molecular weight is 169 g/mol. The molecule has 3 nitrogen and oxygen atoms in total. The van der Waals surface area contributed by atoms with Crippen molar-refractivity contribution < 1.29 is 9.90 Å². The second kappa shape index (κ2) is 9.78. The zero-order valence-corrected chi connectivity index (χ0v) is 4.56. The Labute approximate surface area is 104 Å². The van der Waals surface area contributed by atoms with Crippen LogP contribution in [-0.4, -0.2) is 82.0 Å². The molecule has 0 aromatic rings. The van der Waals surface area contributed by atoms with Crippen molar-refractivity contribution in [2.45, 2.75) is 6.04 Å². The van der Waals surface area contributed by atoms with E-state index in [2.05, 4.69) is 12.6 Å². The van der Waals surface area contributed by atoms with Gasteiger partial charge in [-0.25, -0.2) is 0 Å². The maximum absolute atomic E-state index is 9.76. The molecule has 0 spiro atoms. The van der Waals surface area contributed by atoms with Crippen molar-refractivity contribution in [3.05, 3.63) is 0 Å². The molecule has 0 rings (SSSR count). The Hall–Kier alpha value is 1.78. The molecule has 0 saturated carbocycles. The zero-order valence-electron chi connectivity index (χ0n) is 3.66. The molecule has 0 unspecified atom stereocenters. The van der Waals surface area contributed by atoms with Gasteiger partial charge in [-0.3, -0.25) is 4.79 Å². The van der Waals surface area contributed by atoms with Crippen molar-refractivity contribution in [1.82, 2.24) is 0 Å². The molecule has 0 saturated heterocycles. The number of rotatable bonds is 2. The number of carboxylic acid groups (broad SMARTS) is 1. The van der Waals surface area contributed by atoms with Crippen LogP contribution in [0.2, 0.25) is 0 Å². The number of hydrogen-bond acceptors (Lipinski definition) is 3. The number of carbonyl (C=O) groups is 1. The summed E-state index contributed by atoms with van der Waals surface area (Å²) in [7, 11) is 0. The second-order valence-corrected chi connectivity index (χ2v) is 1.49. The van der Waals surface area contributed by atoms with Gasteiger partial charge in [0.25, 0.3) is 0 Å². The van der Waals surface area contributed by atoms with Crippen LogP contribution >= 0.6 is 12.6 Å². The third-order valence-corrected chi connectivity index (χ3v) is 0.907. The van der Waals surface area contributed by atoms with E-state index in [0.29, 0.717) is 0 Å². The van der Waals surface area contributed by atoms with Crippen LogP contribution in [0.1, 0.15) is 0 Å². The van der Waals surface area contributed by atoms with Gasteiger partial charge in [-0.05, 0) is 0 Å². The minimum atomic E-state index is -1.00. The van der Waals surface area contributed by atoms with E-state index in [1.54, 1.807) is 0 Å². The van der Waals surface area contributed by atoms with Gasteiger partial charge in [0.1, 0.15) is 6.04 Å². The average Bonchev–Trinajstić information content (AvgIpc) is 1.65. The molecule has 0 aliphatic carbocycles. The summed E-state index contributed by atoms with van der Waals surface area (Å²) in [4.78, 5) is 9.76. The van der Waals surface area contributed by atoms with E-state index in [4.69, 9.17) is 10.8 Å². The molecule has 0 aliphatic heterocycles. The maximum atomic E-state index is 9.76. The molecule has 9 heavy (non-hydrogen) atoms. The summed E-state index contributed by atoms with van der Waals surface area (Å²) < 4.78 is 0. The van der Waals surface area contributed by atoms with Crippen LogP contribution in [0.15, 0.2) is 0 Å². The fourth-order valence-corrected chi connectivity index (χ4v) is 0.234. The molecule has 3 N–H and O–H groups in total. The van der Waals surface area contributed by atoms with Crippen molar-refractivity contribution in [1.29, 1.82) is 0 Å². The van der Waals surface area contributed by atoms with Crippen LogP contribution in [0.5, 0.6) is 0 Å². The fraction of sp³-hybridized carbons (Fsp3) is 0.667. The van der Waals surface area contributed by atoms with Crippen LogP contribution in [0.4, 0.5) is 0 Å². The standard InChI is InChI=1S/C3H7NO2S.2Na.2H/c4-2(1-7)3(5)6;;;;/h2,7H,1,4H2,(H,5,6);;;;/t2-;;;;/m0..../s1. The molecule has 0 radical (unpaired) electrons. The molecule has 6 heteroatoms. The molecule has 0 heterocycles. The van der Waals surface area contributed by atoms with Gasteiger partial charge in [0, 0.05) is 5.75 Å². The van der Waals surface area contributed by atoms with E-state index in [0.717, 1.165) is 0 Å². The Morgan fingerprint density at radius 3 is 2.00 bits per heavy atom. The number of aliphatic carboxylic acids is 1. The van der Waals surface area contributed by atoms with Crippen LogP contribution in [-0.2, 0) is 4.79 Å². The van der Waals surface area contributed by atoms with Gasteiger partial charge in [-0.2, -0.15) is 12.6 Å². The summed E-state index contributed by atoms with van der Waals surface area (Å²) in [6.07, 6.45) is 0. The monoisotopic (exact) mass is 169 g/mol. The summed E-state index contributed by atoms with van der Waals surface area (Å²) in [5.74, 6) is -0.815. The predicted molar refractivity (Wildman–Crippen MR) is 43.8 cm³/mol. The second-order valence-electron chi connectivity index (χ2n) is 1.13. The third kappa shape index (κ3) is 9.78. The van der Waals surface area contributed by atoms with Crippen LogP contribution < -0.4 is 5.73 Å². The SMILES string of the molecule is N[C@@H](CS)C(=O)O.[NaH].[NaH]. The van der Waals surface area contributed by atoms with Crippen molar-refractivity contribution >= 4 is 77.7 Å². The van der Waals surface area contributed by atoms with E-state index < -0.39 is 12.0 Å². The van der Waals surface area contributed by atoms with E-state index in [-0.39, 0.29) is 64.9 Å².